The number of hydrogen-bond donors (Lipinski definition) is 1. The molecule has 0 spiro atoms. The number of hydrogen-bond acceptors (Lipinski definition) is 5. The summed E-state index contributed by atoms with van der Waals surface area (Å²) in [4.78, 5) is 14.7. The Balaban J connectivity index is 1.94. The second-order valence-electron chi connectivity index (χ2n) is 6.37. The van der Waals surface area contributed by atoms with Crippen LogP contribution in [0.2, 0.25) is 0 Å². The van der Waals surface area contributed by atoms with Crippen molar-refractivity contribution in [3.05, 3.63) is 0 Å². The van der Waals surface area contributed by atoms with E-state index in [9.17, 15) is 4.79 Å². The summed E-state index contributed by atoms with van der Waals surface area (Å²) < 4.78 is 10.5. The van der Waals surface area contributed by atoms with Crippen molar-refractivity contribution in [1.82, 2.24) is 10.2 Å². The molecule has 0 aromatic carbocycles. The van der Waals surface area contributed by atoms with Gasteiger partial charge in [-0.3, -0.25) is 4.79 Å². The van der Waals surface area contributed by atoms with Gasteiger partial charge in [0.05, 0.1) is 13.7 Å². The minimum Gasteiger partial charge on any atom is -0.468 e. The molecule has 1 saturated carbocycles. The second-order valence-corrected chi connectivity index (χ2v) is 6.37. The number of carbonyl (C=O) groups is 1. The van der Waals surface area contributed by atoms with Gasteiger partial charge in [-0.2, -0.15) is 0 Å². The van der Waals surface area contributed by atoms with Crippen molar-refractivity contribution < 1.29 is 14.3 Å². The quantitative estimate of drug-likeness (QED) is 0.720. The first kappa shape index (κ1) is 16.7. The number of methoxy groups -OCH3 is 1. The van der Waals surface area contributed by atoms with Crippen LogP contribution in [0.25, 0.3) is 0 Å². The highest BCUT2D eigenvalue weighted by Crippen LogP contribution is 2.39. The van der Waals surface area contributed by atoms with Gasteiger partial charge >= 0.3 is 5.97 Å². The Morgan fingerprint density at radius 2 is 2.29 bits per heavy atom. The van der Waals surface area contributed by atoms with Gasteiger partial charge in [-0.15, -0.1) is 0 Å². The molecule has 1 heterocycles. The summed E-state index contributed by atoms with van der Waals surface area (Å²) in [5.74, 6) is 0.286. The molecule has 0 aromatic rings. The number of ether oxygens (including phenoxy) is 2. The molecule has 122 valence electrons. The third-order valence-electron chi connectivity index (χ3n) is 5.22. The summed E-state index contributed by atoms with van der Waals surface area (Å²) in [6, 6.07) is 0.540. The molecule has 5 nitrogen and oxygen atoms in total. The Morgan fingerprint density at radius 1 is 1.48 bits per heavy atom. The molecule has 0 aromatic heterocycles. The van der Waals surface area contributed by atoms with Crippen LogP contribution in [0.3, 0.4) is 0 Å². The SMILES string of the molecule is CCNC1(C(=O)OC)CCCC1CCN(C)C1CCOC1. The fourth-order valence-corrected chi connectivity index (χ4v) is 3.95. The molecule has 1 aliphatic heterocycles. The van der Waals surface area contributed by atoms with E-state index < -0.39 is 5.54 Å². The van der Waals surface area contributed by atoms with Gasteiger partial charge in [-0.25, -0.2) is 0 Å². The predicted octanol–water partition coefficient (Wildman–Crippen LogP) is 1.42. The van der Waals surface area contributed by atoms with Gasteiger partial charge in [0.1, 0.15) is 5.54 Å². The monoisotopic (exact) mass is 298 g/mol. The van der Waals surface area contributed by atoms with Crippen LogP contribution in [-0.2, 0) is 14.3 Å². The third-order valence-corrected chi connectivity index (χ3v) is 5.22. The average molecular weight is 298 g/mol. The van der Waals surface area contributed by atoms with Crippen LogP contribution in [0, 0.1) is 5.92 Å². The van der Waals surface area contributed by atoms with E-state index >= 15 is 0 Å². The summed E-state index contributed by atoms with van der Waals surface area (Å²) >= 11 is 0. The van der Waals surface area contributed by atoms with Crippen molar-refractivity contribution in [1.29, 1.82) is 0 Å². The van der Waals surface area contributed by atoms with Crippen molar-refractivity contribution in [3.8, 4) is 0 Å². The Kier molecular flexibility index (Phi) is 6.02. The first-order chi connectivity index (χ1) is 10.1. The van der Waals surface area contributed by atoms with Crippen molar-refractivity contribution in [3.63, 3.8) is 0 Å². The number of carbonyl (C=O) groups excluding carboxylic acids is 1. The lowest BCUT2D eigenvalue weighted by molar-refractivity contribution is -0.150. The van der Waals surface area contributed by atoms with Crippen LogP contribution < -0.4 is 5.32 Å². The zero-order valence-corrected chi connectivity index (χ0v) is 13.7. The van der Waals surface area contributed by atoms with E-state index in [1.807, 2.05) is 0 Å². The second kappa shape index (κ2) is 7.56. The number of likely N-dealkylation sites (N-methyl/N-ethyl adjacent to an activating group) is 2. The van der Waals surface area contributed by atoms with E-state index in [1.165, 1.54) is 7.11 Å². The van der Waals surface area contributed by atoms with E-state index in [0.29, 0.717) is 12.0 Å². The lowest BCUT2D eigenvalue weighted by atomic mass is 9.84. The van der Waals surface area contributed by atoms with Gasteiger partial charge in [-0.1, -0.05) is 13.3 Å². The number of nitrogens with zero attached hydrogens (tertiary/aromatic N) is 1. The summed E-state index contributed by atoms with van der Waals surface area (Å²) in [5, 5.41) is 3.43. The van der Waals surface area contributed by atoms with Crippen LogP contribution in [0.5, 0.6) is 0 Å². The molecule has 0 radical (unpaired) electrons. The first-order valence-corrected chi connectivity index (χ1v) is 8.25. The lowest BCUT2D eigenvalue weighted by Gasteiger charge is -2.35. The molecule has 3 atom stereocenters. The third kappa shape index (κ3) is 3.58. The fourth-order valence-electron chi connectivity index (χ4n) is 3.95. The van der Waals surface area contributed by atoms with Gasteiger partial charge in [-0.05, 0) is 51.7 Å². The summed E-state index contributed by atoms with van der Waals surface area (Å²) in [7, 11) is 3.67. The van der Waals surface area contributed by atoms with Crippen LogP contribution >= 0.6 is 0 Å². The van der Waals surface area contributed by atoms with E-state index in [4.69, 9.17) is 9.47 Å². The van der Waals surface area contributed by atoms with E-state index in [0.717, 1.165) is 58.4 Å². The molecule has 2 rings (SSSR count). The van der Waals surface area contributed by atoms with Crippen LogP contribution in [0.1, 0.15) is 39.0 Å². The van der Waals surface area contributed by atoms with E-state index in [-0.39, 0.29) is 5.97 Å². The highest BCUT2D eigenvalue weighted by molar-refractivity contribution is 5.81. The summed E-state index contributed by atoms with van der Waals surface area (Å²) in [6.07, 6.45) is 5.26. The van der Waals surface area contributed by atoms with Gasteiger partial charge in [0.15, 0.2) is 0 Å². The highest BCUT2D eigenvalue weighted by Gasteiger charge is 2.49. The van der Waals surface area contributed by atoms with E-state index in [2.05, 4.69) is 24.2 Å². The smallest absolute Gasteiger partial charge is 0.326 e. The van der Waals surface area contributed by atoms with Crippen molar-refractivity contribution >= 4 is 5.97 Å². The number of rotatable bonds is 7. The highest BCUT2D eigenvalue weighted by atomic mass is 16.5. The number of nitrogens with one attached hydrogen (secondary N) is 1. The molecule has 5 heteroatoms. The molecule has 1 saturated heterocycles. The maximum Gasteiger partial charge on any atom is 0.326 e. The van der Waals surface area contributed by atoms with E-state index in [1.54, 1.807) is 0 Å². The Morgan fingerprint density at radius 3 is 2.90 bits per heavy atom. The molecule has 1 N–H and O–H groups in total. The molecular formula is C16H30N2O3. The van der Waals surface area contributed by atoms with Gasteiger partial charge in [0, 0.05) is 12.6 Å². The molecule has 0 amide bonds. The number of esters is 1. The zero-order valence-electron chi connectivity index (χ0n) is 13.7. The van der Waals surface area contributed by atoms with Crippen molar-refractivity contribution in [2.24, 2.45) is 5.92 Å². The fraction of sp³-hybridized carbons (Fsp3) is 0.938. The van der Waals surface area contributed by atoms with Crippen LogP contribution in [0.15, 0.2) is 0 Å². The minimum absolute atomic E-state index is 0.0845. The van der Waals surface area contributed by atoms with Gasteiger partial charge in [0.2, 0.25) is 0 Å². The Labute approximate surface area is 128 Å². The molecule has 1 aliphatic carbocycles. The summed E-state index contributed by atoms with van der Waals surface area (Å²) in [5.41, 5.74) is -0.462. The molecule has 3 unspecified atom stereocenters. The van der Waals surface area contributed by atoms with Crippen molar-refractivity contribution in [2.45, 2.75) is 50.6 Å². The molecule has 0 bridgehead atoms. The first-order valence-electron chi connectivity index (χ1n) is 8.25. The maximum absolute atomic E-state index is 12.3. The van der Waals surface area contributed by atoms with Gasteiger partial charge < -0.3 is 19.7 Å². The summed E-state index contributed by atoms with van der Waals surface area (Å²) in [6.45, 7) is 5.60. The molecule has 2 aliphatic rings. The topological polar surface area (TPSA) is 50.8 Å². The normalized spacial score (nSPS) is 32.8. The minimum atomic E-state index is -0.462. The van der Waals surface area contributed by atoms with Crippen LogP contribution in [0.4, 0.5) is 0 Å². The molecule has 2 fully saturated rings. The molecule has 21 heavy (non-hydrogen) atoms. The zero-order chi connectivity index (χ0) is 15.3. The molecular weight excluding hydrogens is 268 g/mol. The van der Waals surface area contributed by atoms with Crippen LogP contribution in [-0.4, -0.2) is 62.9 Å². The average Bonchev–Trinajstić information content (AvgIpc) is 3.14. The largest absolute Gasteiger partial charge is 0.468 e. The Hall–Kier alpha value is -0.650. The maximum atomic E-state index is 12.3. The lowest BCUT2D eigenvalue weighted by Crippen LogP contribution is -2.55. The Bertz CT molecular complexity index is 344. The standard InChI is InChI=1S/C16H30N2O3/c1-4-17-16(15(19)20-3)9-5-6-13(16)7-10-18(2)14-8-11-21-12-14/h13-14,17H,4-12H2,1-3H3. The van der Waals surface area contributed by atoms with Gasteiger partial charge in [0.25, 0.3) is 0 Å². The van der Waals surface area contributed by atoms with Crippen molar-refractivity contribution in [2.75, 3.05) is 40.5 Å². The predicted molar refractivity (Wildman–Crippen MR) is 82.2 cm³/mol.